The maximum absolute atomic E-state index is 14.1. The lowest BCUT2D eigenvalue weighted by Crippen LogP contribution is -2.55. The third kappa shape index (κ3) is 2.26. The van der Waals surface area contributed by atoms with Crippen molar-refractivity contribution in [2.24, 2.45) is 0 Å². The van der Waals surface area contributed by atoms with E-state index in [0.717, 1.165) is 12.8 Å². The summed E-state index contributed by atoms with van der Waals surface area (Å²) in [4.78, 5) is 44.9. The Bertz CT molecular complexity index is 1340. The molecule has 0 N–H and O–H groups in total. The number of carbonyl (C=O) groups is 2. The van der Waals surface area contributed by atoms with Gasteiger partial charge >= 0.3 is 0 Å². The van der Waals surface area contributed by atoms with Crippen LogP contribution in [0.25, 0.3) is 11.0 Å². The molecule has 0 bridgehead atoms. The van der Waals surface area contributed by atoms with Crippen molar-refractivity contribution in [3.63, 3.8) is 0 Å². The van der Waals surface area contributed by atoms with Crippen molar-refractivity contribution in [2.45, 2.75) is 31.4 Å². The van der Waals surface area contributed by atoms with Gasteiger partial charge in [0.05, 0.1) is 22.7 Å². The van der Waals surface area contributed by atoms with Gasteiger partial charge in [0, 0.05) is 25.3 Å². The molecule has 32 heavy (non-hydrogen) atoms. The molecule has 1 fully saturated rings. The highest BCUT2D eigenvalue weighted by Crippen LogP contribution is 2.52. The minimum atomic E-state index is -1.55. The quantitative estimate of drug-likeness (QED) is 0.638. The first-order valence-electron chi connectivity index (χ1n) is 11.0. The predicted molar refractivity (Wildman–Crippen MR) is 118 cm³/mol. The summed E-state index contributed by atoms with van der Waals surface area (Å²) in [7, 11) is 0. The molecule has 7 heteroatoms. The Kier molecular flexibility index (Phi) is 4.07. The lowest BCUT2D eigenvalue weighted by Gasteiger charge is -2.35. The van der Waals surface area contributed by atoms with Gasteiger partial charge in [0.25, 0.3) is 11.8 Å². The molecule has 3 aliphatic heterocycles. The molecule has 0 saturated carbocycles. The summed E-state index contributed by atoms with van der Waals surface area (Å²) in [5, 5.41) is 0.359. The Morgan fingerprint density at radius 1 is 1.06 bits per heavy atom. The van der Waals surface area contributed by atoms with Crippen LogP contribution in [-0.4, -0.2) is 42.5 Å². The number of hydrogen-bond donors (Lipinski definition) is 0. The summed E-state index contributed by atoms with van der Waals surface area (Å²) in [5.41, 5.74) is -0.0797. The molecule has 1 saturated heterocycles. The highest BCUT2D eigenvalue weighted by molar-refractivity contribution is 6.17. The number of likely N-dealkylation sites (N-methyl/N-ethyl adjacent to an activating group) is 1. The van der Waals surface area contributed by atoms with Gasteiger partial charge in [0.2, 0.25) is 5.76 Å². The first-order valence-corrected chi connectivity index (χ1v) is 11.0. The fourth-order valence-corrected chi connectivity index (χ4v) is 5.49. The zero-order valence-corrected chi connectivity index (χ0v) is 17.7. The molecule has 0 aliphatic carbocycles. The summed E-state index contributed by atoms with van der Waals surface area (Å²) in [6, 6.07) is 14.2. The number of carbonyl (C=O) groups excluding carboxylic acids is 2. The Morgan fingerprint density at radius 3 is 2.62 bits per heavy atom. The molecule has 2 amide bonds. The first kappa shape index (κ1) is 19.3. The van der Waals surface area contributed by atoms with Crippen LogP contribution in [0.1, 0.15) is 41.4 Å². The maximum Gasteiger partial charge on any atom is 0.291 e. The van der Waals surface area contributed by atoms with E-state index in [9.17, 15) is 14.4 Å². The summed E-state index contributed by atoms with van der Waals surface area (Å²) in [6.07, 6.45) is 1.51. The lowest BCUT2D eigenvalue weighted by molar-refractivity contribution is -0.126. The number of hydrogen-bond acceptors (Lipinski definition) is 5. The van der Waals surface area contributed by atoms with Crippen molar-refractivity contribution >= 4 is 28.5 Å². The van der Waals surface area contributed by atoms with Gasteiger partial charge in [-0.1, -0.05) is 30.3 Å². The van der Waals surface area contributed by atoms with Crippen LogP contribution < -0.4 is 10.3 Å². The number of rotatable bonds is 3. The number of ether oxygens (including phenoxy) is 1. The van der Waals surface area contributed by atoms with Gasteiger partial charge in [0.1, 0.15) is 5.58 Å². The number of fused-ring (bicyclic) bond motifs is 5. The smallest absolute Gasteiger partial charge is 0.291 e. The standard InChI is InChI=1S/C25H22N2O5/c1-2-26-18-11-5-4-10-17(18)25(24(26)30)20-21(28)16-9-3-6-12-19(16)32-22(20)23(29)27(25)14-15-8-7-13-31-15/h3-6,9-12,15H,2,7-8,13-14H2,1H3/t15-,25+/m1/s1. The number of amides is 2. The van der Waals surface area contributed by atoms with Crippen LogP contribution in [-0.2, 0) is 15.1 Å². The van der Waals surface area contributed by atoms with Gasteiger partial charge in [-0.25, -0.2) is 0 Å². The van der Waals surface area contributed by atoms with E-state index in [1.807, 2.05) is 31.2 Å². The average Bonchev–Trinajstić information content (AvgIpc) is 3.47. The molecule has 1 spiro atoms. The van der Waals surface area contributed by atoms with Gasteiger partial charge in [-0.05, 0) is 38.0 Å². The molecule has 1 aromatic heterocycles. The van der Waals surface area contributed by atoms with Crippen molar-refractivity contribution in [2.75, 3.05) is 24.6 Å². The molecular formula is C25H22N2O5. The molecule has 3 aromatic rings. The molecule has 4 heterocycles. The first-order chi connectivity index (χ1) is 15.6. The van der Waals surface area contributed by atoms with Crippen molar-refractivity contribution in [3.05, 3.63) is 75.6 Å². The van der Waals surface area contributed by atoms with Crippen LogP contribution in [0.3, 0.4) is 0 Å². The molecule has 3 aliphatic rings. The zero-order valence-electron chi connectivity index (χ0n) is 17.7. The third-order valence-electron chi connectivity index (χ3n) is 6.87. The van der Waals surface area contributed by atoms with Gasteiger partial charge in [-0.3, -0.25) is 14.4 Å². The zero-order chi connectivity index (χ0) is 22.0. The van der Waals surface area contributed by atoms with E-state index in [4.69, 9.17) is 9.15 Å². The van der Waals surface area contributed by atoms with Crippen molar-refractivity contribution in [3.8, 4) is 0 Å². The minimum absolute atomic E-state index is 0.0483. The van der Waals surface area contributed by atoms with Crippen LogP contribution in [0.15, 0.2) is 57.7 Å². The molecule has 2 atom stereocenters. The molecule has 0 unspecified atom stereocenters. The lowest BCUT2D eigenvalue weighted by atomic mass is 9.83. The monoisotopic (exact) mass is 430 g/mol. The van der Waals surface area contributed by atoms with E-state index >= 15 is 0 Å². The maximum atomic E-state index is 14.1. The van der Waals surface area contributed by atoms with Crippen LogP contribution in [0.2, 0.25) is 0 Å². The van der Waals surface area contributed by atoms with E-state index in [0.29, 0.717) is 35.4 Å². The molecule has 6 rings (SSSR count). The second-order valence-corrected chi connectivity index (χ2v) is 8.46. The number of para-hydroxylation sites is 2. The number of benzene rings is 2. The van der Waals surface area contributed by atoms with E-state index in [2.05, 4.69) is 0 Å². The van der Waals surface area contributed by atoms with E-state index < -0.39 is 11.4 Å². The van der Waals surface area contributed by atoms with Crippen LogP contribution >= 0.6 is 0 Å². The Balaban J connectivity index is 1.70. The highest BCUT2D eigenvalue weighted by atomic mass is 16.5. The van der Waals surface area contributed by atoms with Gasteiger partial charge in [0.15, 0.2) is 11.0 Å². The summed E-state index contributed by atoms with van der Waals surface area (Å²) in [5.74, 6) is -0.791. The molecule has 162 valence electrons. The molecule has 7 nitrogen and oxygen atoms in total. The Morgan fingerprint density at radius 2 is 1.84 bits per heavy atom. The van der Waals surface area contributed by atoms with Crippen LogP contribution in [0.5, 0.6) is 0 Å². The summed E-state index contributed by atoms with van der Waals surface area (Å²) >= 11 is 0. The fourth-order valence-electron chi connectivity index (χ4n) is 5.49. The molecule has 2 aromatic carbocycles. The van der Waals surface area contributed by atoms with Crippen molar-refractivity contribution in [1.82, 2.24) is 4.90 Å². The Hall–Kier alpha value is -3.45. The van der Waals surface area contributed by atoms with Gasteiger partial charge < -0.3 is 19.0 Å². The summed E-state index contributed by atoms with van der Waals surface area (Å²) in [6.45, 7) is 3.16. The SMILES string of the molecule is CCN1C(=O)[C@]2(c3ccccc31)c1c(oc3ccccc3c1=O)C(=O)N2C[C@H]1CCCO1. The highest BCUT2D eigenvalue weighted by Gasteiger charge is 2.65. The fraction of sp³-hybridized carbons (Fsp3) is 0.320. The predicted octanol–water partition coefficient (Wildman–Crippen LogP) is 3.04. The second-order valence-electron chi connectivity index (χ2n) is 8.46. The Labute approximate surface area is 184 Å². The average molecular weight is 430 g/mol. The normalized spacial score (nSPS) is 24.1. The largest absolute Gasteiger partial charge is 0.450 e. The second kappa shape index (κ2) is 6.77. The number of anilines is 1. The van der Waals surface area contributed by atoms with Crippen molar-refractivity contribution < 1.29 is 18.7 Å². The molecular weight excluding hydrogens is 408 g/mol. The van der Waals surface area contributed by atoms with Crippen LogP contribution in [0, 0.1) is 0 Å². The van der Waals surface area contributed by atoms with E-state index in [-0.39, 0.29) is 35.3 Å². The summed E-state index contributed by atoms with van der Waals surface area (Å²) < 4.78 is 11.8. The van der Waals surface area contributed by atoms with E-state index in [1.165, 1.54) is 4.90 Å². The van der Waals surface area contributed by atoms with Crippen LogP contribution in [0.4, 0.5) is 5.69 Å². The van der Waals surface area contributed by atoms with Crippen molar-refractivity contribution in [1.29, 1.82) is 0 Å². The topological polar surface area (TPSA) is 80.1 Å². The van der Waals surface area contributed by atoms with Gasteiger partial charge in [-0.2, -0.15) is 0 Å². The number of nitrogens with zero attached hydrogens (tertiary/aromatic N) is 2. The third-order valence-corrected chi connectivity index (χ3v) is 6.87. The van der Waals surface area contributed by atoms with Gasteiger partial charge in [-0.15, -0.1) is 0 Å². The minimum Gasteiger partial charge on any atom is -0.450 e. The molecule has 0 radical (unpaired) electrons. The van der Waals surface area contributed by atoms with E-state index in [1.54, 1.807) is 29.2 Å².